The molecule has 0 aliphatic carbocycles. The number of aromatic nitrogens is 2. The third kappa shape index (κ3) is 2.49. The van der Waals surface area contributed by atoms with Gasteiger partial charge in [0.25, 0.3) is 0 Å². The lowest BCUT2D eigenvalue weighted by Gasteiger charge is -2.12. The molecule has 20 heavy (non-hydrogen) atoms. The summed E-state index contributed by atoms with van der Waals surface area (Å²) < 4.78 is 33.1. The number of halogens is 3. The van der Waals surface area contributed by atoms with Crippen LogP contribution in [-0.4, -0.2) is 13.7 Å². The smallest absolute Gasteiger partial charge is 0.210 e. The van der Waals surface area contributed by atoms with Gasteiger partial charge in [-0.3, -0.25) is 4.57 Å². The van der Waals surface area contributed by atoms with Gasteiger partial charge in [-0.25, -0.2) is 13.8 Å². The van der Waals surface area contributed by atoms with Crippen molar-refractivity contribution in [3.8, 4) is 0 Å². The van der Waals surface area contributed by atoms with Crippen LogP contribution in [-0.2, 0) is 6.54 Å². The fraction of sp³-hybridized carbons (Fsp3) is 0.333. The number of thioether (sulfide) groups is 1. The maximum Gasteiger partial charge on any atom is 0.210 e. The maximum absolute atomic E-state index is 13.7. The Morgan fingerprint density at radius 1 is 1.35 bits per heavy atom. The van der Waals surface area contributed by atoms with Crippen LogP contribution in [0.2, 0.25) is 5.02 Å². The second-order valence-corrected chi connectivity index (χ2v) is 7.84. The highest BCUT2D eigenvalue weighted by molar-refractivity contribution is 8.00. The third-order valence-electron chi connectivity index (χ3n) is 2.78. The minimum Gasteiger partial charge on any atom is -0.293 e. The van der Waals surface area contributed by atoms with Crippen molar-refractivity contribution in [1.29, 1.82) is 0 Å². The lowest BCUT2D eigenvalue weighted by Crippen LogP contribution is -2.21. The Kier molecular flexibility index (Phi) is 3.38. The van der Waals surface area contributed by atoms with E-state index in [9.17, 15) is 8.78 Å². The monoisotopic (exact) mass is 333 g/mol. The first-order chi connectivity index (χ1) is 9.35. The van der Waals surface area contributed by atoms with Crippen molar-refractivity contribution >= 4 is 40.6 Å². The van der Waals surface area contributed by atoms with Crippen LogP contribution in [0.1, 0.15) is 13.8 Å². The number of benzene rings is 1. The average molecular weight is 334 g/mol. The Bertz CT molecular complexity index is 752. The molecule has 0 spiro atoms. The maximum atomic E-state index is 13.7. The molecule has 1 aromatic heterocycles. The molecular weight excluding hydrogens is 324 g/mol. The number of rotatable bonds is 1. The van der Waals surface area contributed by atoms with E-state index in [4.69, 9.17) is 11.6 Å². The molecule has 1 aromatic carbocycles. The van der Waals surface area contributed by atoms with E-state index < -0.39 is 11.6 Å². The summed E-state index contributed by atoms with van der Waals surface area (Å²) >= 11 is 8.51. The van der Waals surface area contributed by atoms with E-state index in [0.717, 1.165) is 17.8 Å². The van der Waals surface area contributed by atoms with Crippen molar-refractivity contribution in [1.82, 2.24) is 8.94 Å². The van der Waals surface area contributed by atoms with E-state index in [-0.39, 0.29) is 15.5 Å². The second-order valence-electron chi connectivity index (χ2n) is 5.03. The molecule has 0 N–H and O–H groups in total. The van der Waals surface area contributed by atoms with Crippen LogP contribution in [0, 0.1) is 11.6 Å². The quantitative estimate of drug-likeness (QED) is 0.739. The summed E-state index contributed by atoms with van der Waals surface area (Å²) in [7, 11) is 0. The summed E-state index contributed by atoms with van der Waals surface area (Å²) in [6.07, 6.45) is 0. The molecule has 0 radical (unpaired) electrons. The summed E-state index contributed by atoms with van der Waals surface area (Å²) in [5.41, 5.74) is 0.0186. The van der Waals surface area contributed by atoms with E-state index in [0.29, 0.717) is 4.80 Å². The lowest BCUT2D eigenvalue weighted by atomic mass is 10.2. The van der Waals surface area contributed by atoms with E-state index in [2.05, 4.69) is 23.2 Å². The Morgan fingerprint density at radius 2 is 2.10 bits per heavy atom. The molecule has 3 nitrogen and oxygen atoms in total. The summed E-state index contributed by atoms with van der Waals surface area (Å²) in [6.45, 7) is 4.96. The number of hydrogen-bond donors (Lipinski definition) is 0. The predicted octanol–water partition coefficient (Wildman–Crippen LogP) is 3.99. The fourth-order valence-corrected chi connectivity index (χ4v) is 3.98. The molecule has 1 aliphatic heterocycles. The number of hydrogen-bond acceptors (Lipinski definition) is 4. The van der Waals surface area contributed by atoms with Crippen LogP contribution >= 0.6 is 34.9 Å². The highest BCUT2D eigenvalue weighted by atomic mass is 35.5. The highest BCUT2D eigenvalue weighted by Crippen LogP contribution is 2.38. The number of nitrogens with zero attached hydrogens (tertiary/aromatic N) is 3. The van der Waals surface area contributed by atoms with E-state index in [1.54, 1.807) is 11.8 Å². The van der Waals surface area contributed by atoms with Crippen LogP contribution < -0.4 is 4.80 Å². The molecular formula is C12H10ClF2N3S2. The Morgan fingerprint density at radius 3 is 2.85 bits per heavy atom. The standard InChI is InChI=1S/C12H10ClF2N3S2/c1-12(2)5-18-10(20-17-11(18)19-12)16-9-3-6(13)7(14)4-8(9)15/h3-4H,5H2,1-2H3. The zero-order valence-electron chi connectivity index (χ0n) is 10.7. The summed E-state index contributed by atoms with van der Waals surface area (Å²) in [5.74, 6) is -1.53. The molecule has 8 heteroatoms. The predicted molar refractivity (Wildman–Crippen MR) is 76.6 cm³/mol. The van der Waals surface area contributed by atoms with Gasteiger partial charge < -0.3 is 0 Å². The first-order valence-corrected chi connectivity index (χ1v) is 7.77. The summed E-state index contributed by atoms with van der Waals surface area (Å²) in [6, 6.07) is 1.93. The van der Waals surface area contributed by atoms with Gasteiger partial charge >= 0.3 is 0 Å². The lowest BCUT2D eigenvalue weighted by molar-refractivity contribution is 0.553. The highest BCUT2D eigenvalue weighted by Gasteiger charge is 2.31. The molecule has 0 fully saturated rings. The molecule has 0 amide bonds. The van der Waals surface area contributed by atoms with Gasteiger partial charge in [0.15, 0.2) is 11.0 Å². The van der Waals surface area contributed by atoms with Gasteiger partial charge in [-0.2, -0.15) is 4.37 Å². The largest absolute Gasteiger partial charge is 0.293 e. The summed E-state index contributed by atoms with van der Waals surface area (Å²) in [5, 5.41) is 0.721. The number of fused-ring (bicyclic) bond motifs is 1. The van der Waals surface area contributed by atoms with Crippen LogP contribution in [0.5, 0.6) is 0 Å². The molecule has 106 valence electrons. The zero-order chi connectivity index (χ0) is 14.5. The van der Waals surface area contributed by atoms with Crippen LogP contribution in [0.15, 0.2) is 22.3 Å². The fourth-order valence-electron chi connectivity index (χ4n) is 1.91. The first kappa shape index (κ1) is 14.0. The van der Waals surface area contributed by atoms with Gasteiger partial charge in [0.05, 0.1) is 5.02 Å². The molecule has 0 bridgehead atoms. The molecule has 0 saturated carbocycles. The van der Waals surface area contributed by atoms with Crippen molar-refractivity contribution < 1.29 is 8.78 Å². The van der Waals surface area contributed by atoms with Gasteiger partial charge in [-0.15, -0.1) is 0 Å². The van der Waals surface area contributed by atoms with Gasteiger partial charge in [0, 0.05) is 28.9 Å². The van der Waals surface area contributed by atoms with Crippen molar-refractivity contribution in [2.24, 2.45) is 4.99 Å². The molecule has 1 aliphatic rings. The summed E-state index contributed by atoms with van der Waals surface area (Å²) in [4.78, 5) is 4.80. The van der Waals surface area contributed by atoms with Gasteiger partial charge in [-0.1, -0.05) is 23.4 Å². The minimum atomic E-state index is -0.790. The third-order valence-corrected chi connectivity index (χ3v) is 5.10. The van der Waals surface area contributed by atoms with Gasteiger partial charge in [-0.05, 0) is 19.9 Å². The second kappa shape index (κ2) is 4.82. The Balaban J connectivity index is 2.10. The van der Waals surface area contributed by atoms with Gasteiger partial charge in [0.1, 0.15) is 11.5 Å². The molecule has 2 heterocycles. The SMILES string of the molecule is CC1(C)Cn2c(nsc2=Nc2cc(Cl)c(F)cc2F)S1. The van der Waals surface area contributed by atoms with Crippen molar-refractivity contribution in [2.75, 3.05) is 0 Å². The Labute approximate surface area is 127 Å². The molecule has 2 aromatic rings. The van der Waals surface area contributed by atoms with Crippen LogP contribution in [0.25, 0.3) is 0 Å². The van der Waals surface area contributed by atoms with Gasteiger partial charge in [0.2, 0.25) is 4.80 Å². The van der Waals surface area contributed by atoms with E-state index in [1.807, 2.05) is 4.57 Å². The van der Waals surface area contributed by atoms with Crippen molar-refractivity contribution in [2.45, 2.75) is 30.3 Å². The Hall–Kier alpha value is -0.920. The minimum absolute atomic E-state index is 0.0186. The van der Waals surface area contributed by atoms with Crippen molar-refractivity contribution in [3.63, 3.8) is 0 Å². The molecule has 3 rings (SSSR count). The normalized spacial score (nSPS) is 17.6. The van der Waals surface area contributed by atoms with Crippen LogP contribution in [0.4, 0.5) is 14.5 Å². The van der Waals surface area contributed by atoms with Crippen molar-refractivity contribution in [3.05, 3.63) is 33.6 Å². The van der Waals surface area contributed by atoms with E-state index >= 15 is 0 Å². The zero-order valence-corrected chi connectivity index (χ0v) is 13.0. The topological polar surface area (TPSA) is 30.2 Å². The molecule has 0 atom stereocenters. The van der Waals surface area contributed by atoms with E-state index in [1.165, 1.54) is 17.6 Å². The first-order valence-electron chi connectivity index (χ1n) is 5.80. The molecule has 0 unspecified atom stereocenters. The van der Waals surface area contributed by atoms with Crippen LogP contribution in [0.3, 0.4) is 0 Å². The molecule has 0 saturated heterocycles. The average Bonchev–Trinajstić information content (AvgIpc) is 2.83.